The van der Waals surface area contributed by atoms with Gasteiger partial charge in [0.1, 0.15) is 0 Å². The maximum absolute atomic E-state index is 11.3. The molecule has 0 aliphatic rings. The molecule has 0 bridgehead atoms. The van der Waals surface area contributed by atoms with E-state index in [-0.39, 0.29) is 17.9 Å². The van der Waals surface area contributed by atoms with Crippen molar-refractivity contribution < 1.29 is 4.79 Å². The summed E-state index contributed by atoms with van der Waals surface area (Å²) in [5.41, 5.74) is 5.17. The van der Waals surface area contributed by atoms with Gasteiger partial charge in [-0.2, -0.15) is 0 Å². The van der Waals surface area contributed by atoms with Gasteiger partial charge >= 0.3 is 6.03 Å². The van der Waals surface area contributed by atoms with Gasteiger partial charge in [-0.1, -0.05) is 0 Å². The number of nitrogens with zero attached hydrogens (tertiary/aromatic N) is 1. The summed E-state index contributed by atoms with van der Waals surface area (Å²) in [6.45, 7) is 4.28. The van der Waals surface area contributed by atoms with Crippen molar-refractivity contribution in [3.63, 3.8) is 0 Å². The van der Waals surface area contributed by atoms with Crippen LogP contribution in [-0.2, 0) is 0 Å². The molecule has 0 aromatic carbocycles. The number of carbonyl (C=O) groups excluding carboxylic acids is 1. The lowest BCUT2D eigenvalue weighted by Crippen LogP contribution is -2.41. The number of nitrogens with one attached hydrogen (secondary N) is 2. The lowest BCUT2D eigenvalue weighted by Gasteiger charge is -2.19. The lowest BCUT2D eigenvalue weighted by molar-refractivity contribution is 0.207. The molecular formula is C8H18N4O. The summed E-state index contributed by atoms with van der Waals surface area (Å²) in [4.78, 5) is 12.8. The van der Waals surface area contributed by atoms with Gasteiger partial charge in [0.15, 0.2) is 0 Å². The Hall–Kier alpha value is -1.26. The molecular weight excluding hydrogens is 168 g/mol. The van der Waals surface area contributed by atoms with E-state index in [1.165, 1.54) is 4.90 Å². The van der Waals surface area contributed by atoms with E-state index in [1.54, 1.807) is 7.05 Å². The van der Waals surface area contributed by atoms with Crippen molar-refractivity contribution in [3.8, 4) is 0 Å². The number of rotatable bonds is 4. The topological polar surface area (TPSA) is 82.2 Å². The number of amidine groups is 1. The predicted octanol–water partition coefficient (Wildman–Crippen LogP) is 0.362. The third kappa shape index (κ3) is 5.95. The standard InChI is InChI=1S/C8H18N4O/c1-6(2)11-8(13)12(3)5-4-7(9)10/h6H,4-5H2,1-3H3,(H3,9,10)(H,11,13). The minimum atomic E-state index is -0.128. The Morgan fingerprint density at radius 3 is 2.54 bits per heavy atom. The van der Waals surface area contributed by atoms with Crippen LogP contribution in [0.3, 0.4) is 0 Å². The first-order valence-electron chi connectivity index (χ1n) is 4.28. The molecule has 2 amide bonds. The van der Waals surface area contributed by atoms with Crippen molar-refractivity contribution in [2.24, 2.45) is 5.73 Å². The molecule has 0 aromatic heterocycles. The van der Waals surface area contributed by atoms with Crippen LogP contribution in [-0.4, -0.2) is 36.4 Å². The van der Waals surface area contributed by atoms with Gasteiger partial charge in [-0.05, 0) is 13.8 Å². The molecule has 0 aliphatic carbocycles. The van der Waals surface area contributed by atoms with Crippen molar-refractivity contribution >= 4 is 11.9 Å². The summed E-state index contributed by atoms with van der Waals surface area (Å²) in [5, 5.41) is 9.73. The fraction of sp³-hybridized carbons (Fsp3) is 0.750. The molecule has 0 radical (unpaired) electrons. The monoisotopic (exact) mass is 186 g/mol. The second-order valence-corrected chi connectivity index (χ2v) is 3.30. The Labute approximate surface area is 78.8 Å². The van der Waals surface area contributed by atoms with E-state index in [0.717, 1.165) is 0 Å². The summed E-state index contributed by atoms with van der Waals surface area (Å²) in [7, 11) is 1.68. The van der Waals surface area contributed by atoms with Gasteiger partial charge in [-0.25, -0.2) is 4.79 Å². The molecule has 0 fully saturated rings. The molecule has 0 unspecified atom stereocenters. The van der Waals surface area contributed by atoms with Crippen molar-refractivity contribution in [2.45, 2.75) is 26.3 Å². The number of nitrogens with two attached hydrogens (primary N) is 1. The fourth-order valence-corrected chi connectivity index (χ4v) is 0.747. The van der Waals surface area contributed by atoms with Crippen molar-refractivity contribution in [1.82, 2.24) is 10.2 Å². The van der Waals surface area contributed by atoms with Crippen LogP contribution in [0.1, 0.15) is 20.3 Å². The normalized spacial score (nSPS) is 9.85. The molecule has 5 nitrogen and oxygen atoms in total. The zero-order valence-corrected chi connectivity index (χ0v) is 8.42. The number of hydrogen-bond donors (Lipinski definition) is 3. The highest BCUT2D eigenvalue weighted by Gasteiger charge is 2.08. The lowest BCUT2D eigenvalue weighted by atomic mass is 10.3. The van der Waals surface area contributed by atoms with Crippen molar-refractivity contribution in [3.05, 3.63) is 0 Å². The van der Waals surface area contributed by atoms with E-state index in [4.69, 9.17) is 11.1 Å². The molecule has 76 valence electrons. The van der Waals surface area contributed by atoms with Crippen molar-refractivity contribution in [2.75, 3.05) is 13.6 Å². The maximum Gasteiger partial charge on any atom is 0.317 e. The summed E-state index contributed by atoms with van der Waals surface area (Å²) >= 11 is 0. The molecule has 0 atom stereocenters. The molecule has 0 spiro atoms. The number of carbonyl (C=O) groups is 1. The van der Waals surface area contributed by atoms with Crippen LogP contribution in [0.15, 0.2) is 0 Å². The van der Waals surface area contributed by atoms with Gasteiger partial charge in [0.2, 0.25) is 0 Å². The van der Waals surface area contributed by atoms with Gasteiger partial charge in [-0.3, -0.25) is 5.41 Å². The second kappa shape index (κ2) is 5.40. The summed E-state index contributed by atoms with van der Waals surface area (Å²) in [6, 6.07) is 0.00327. The van der Waals surface area contributed by atoms with E-state index in [9.17, 15) is 4.79 Å². The van der Waals surface area contributed by atoms with E-state index in [2.05, 4.69) is 5.32 Å². The molecule has 0 saturated heterocycles. The Kier molecular flexibility index (Phi) is 4.87. The van der Waals surface area contributed by atoms with Gasteiger partial charge < -0.3 is 16.0 Å². The van der Waals surface area contributed by atoms with E-state index < -0.39 is 0 Å². The molecule has 0 rings (SSSR count). The van der Waals surface area contributed by atoms with Gasteiger partial charge in [0.05, 0.1) is 5.84 Å². The third-order valence-corrected chi connectivity index (χ3v) is 1.48. The Balaban J connectivity index is 3.76. The van der Waals surface area contributed by atoms with E-state index in [0.29, 0.717) is 13.0 Å². The van der Waals surface area contributed by atoms with E-state index in [1.807, 2.05) is 13.8 Å². The largest absolute Gasteiger partial charge is 0.388 e. The predicted molar refractivity (Wildman–Crippen MR) is 52.8 cm³/mol. The first-order chi connectivity index (χ1) is 5.93. The Bertz CT molecular complexity index is 191. The summed E-state index contributed by atoms with van der Waals surface area (Å²) in [6.07, 6.45) is 0.419. The van der Waals surface area contributed by atoms with Crippen molar-refractivity contribution in [1.29, 1.82) is 5.41 Å². The van der Waals surface area contributed by atoms with Crippen LogP contribution >= 0.6 is 0 Å². The minimum Gasteiger partial charge on any atom is -0.388 e. The number of urea groups is 1. The Morgan fingerprint density at radius 1 is 1.62 bits per heavy atom. The molecule has 0 aliphatic heterocycles. The first kappa shape index (κ1) is 11.7. The first-order valence-corrected chi connectivity index (χ1v) is 4.28. The average molecular weight is 186 g/mol. The summed E-state index contributed by atoms with van der Waals surface area (Å²) < 4.78 is 0. The zero-order valence-electron chi connectivity index (χ0n) is 8.42. The molecule has 0 aromatic rings. The molecule has 0 heterocycles. The number of hydrogen-bond acceptors (Lipinski definition) is 2. The minimum absolute atomic E-state index is 0.101. The zero-order chi connectivity index (χ0) is 10.4. The highest BCUT2D eigenvalue weighted by atomic mass is 16.2. The van der Waals surface area contributed by atoms with Gasteiger partial charge in [-0.15, -0.1) is 0 Å². The fourth-order valence-electron chi connectivity index (χ4n) is 0.747. The summed E-state index contributed by atoms with van der Waals surface area (Å²) in [5.74, 6) is 0.101. The van der Waals surface area contributed by atoms with Crippen LogP contribution < -0.4 is 11.1 Å². The highest BCUT2D eigenvalue weighted by Crippen LogP contribution is 1.89. The molecule has 4 N–H and O–H groups in total. The third-order valence-electron chi connectivity index (χ3n) is 1.48. The molecule has 13 heavy (non-hydrogen) atoms. The van der Waals surface area contributed by atoms with Crippen LogP contribution in [0.2, 0.25) is 0 Å². The van der Waals surface area contributed by atoms with Gasteiger partial charge in [0, 0.05) is 26.1 Å². The van der Waals surface area contributed by atoms with Crippen LogP contribution in [0.4, 0.5) is 4.79 Å². The highest BCUT2D eigenvalue weighted by molar-refractivity contribution is 5.78. The second-order valence-electron chi connectivity index (χ2n) is 3.30. The quantitative estimate of drug-likeness (QED) is 0.437. The van der Waals surface area contributed by atoms with Gasteiger partial charge in [0.25, 0.3) is 0 Å². The Morgan fingerprint density at radius 2 is 2.15 bits per heavy atom. The van der Waals surface area contributed by atoms with E-state index >= 15 is 0 Å². The molecule has 5 heteroatoms. The van der Waals surface area contributed by atoms with Crippen LogP contribution in [0, 0.1) is 5.41 Å². The molecule has 0 saturated carbocycles. The maximum atomic E-state index is 11.3. The van der Waals surface area contributed by atoms with Crippen LogP contribution in [0.25, 0.3) is 0 Å². The smallest absolute Gasteiger partial charge is 0.317 e. The average Bonchev–Trinajstić information content (AvgIpc) is 1.98. The number of amides is 2. The van der Waals surface area contributed by atoms with Crippen LogP contribution in [0.5, 0.6) is 0 Å². The SMILES string of the molecule is CC(C)NC(=O)N(C)CCC(=N)N.